The highest BCUT2D eigenvalue weighted by atomic mass is 19.1. The number of hydrogen-bond donors (Lipinski definition) is 1. The Labute approximate surface area is 179 Å². The molecule has 1 amide bonds. The molecule has 2 atom stereocenters. The molecule has 0 unspecified atom stereocenters. The monoisotopic (exact) mass is 425 g/mol. The Kier molecular flexibility index (Phi) is 6.79. The van der Waals surface area contributed by atoms with Crippen LogP contribution in [0.4, 0.5) is 10.1 Å². The number of Topliss-reactive ketones (excluding diaryl/α,β-unsaturated/α-hetero) is 1. The topological polar surface area (TPSA) is 102 Å². The van der Waals surface area contributed by atoms with E-state index in [1.165, 1.54) is 29.3 Å². The highest BCUT2D eigenvalue weighted by Gasteiger charge is 2.35. The van der Waals surface area contributed by atoms with Crippen LogP contribution in [-0.4, -0.2) is 36.0 Å². The van der Waals surface area contributed by atoms with Crippen LogP contribution in [0.3, 0.4) is 0 Å². The van der Waals surface area contributed by atoms with Crippen molar-refractivity contribution < 1.29 is 23.5 Å². The van der Waals surface area contributed by atoms with Gasteiger partial charge in [-0.1, -0.05) is 38.1 Å². The molecule has 2 N–H and O–H groups in total. The first kappa shape index (κ1) is 22.1. The summed E-state index contributed by atoms with van der Waals surface area (Å²) in [5.74, 6) is -1.89. The highest BCUT2D eigenvalue weighted by Crippen LogP contribution is 2.25. The van der Waals surface area contributed by atoms with Gasteiger partial charge in [-0.05, 0) is 42.2 Å². The molecule has 3 rings (SSSR count). The number of anilines is 1. The number of hydrazone groups is 1. The van der Waals surface area contributed by atoms with E-state index in [0.29, 0.717) is 17.2 Å². The molecule has 0 saturated heterocycles. The molecule has 2 aromatic rings. The third-order valence-corrected chi connectivity index (χ3v) is 5.31. The van der Waals surface area contributed by atoms with Crippen LogP contribution < -0.4 is 10.7 Å². The highest BCUT2D eigenvalue weighted by molar-refractivity contribution is 6.38. The van der Waals surface area contributed by atoms with Gasteiger partial charge in [0.2, 0.25) is 5.91 Å². The molecule has 0 radical (unpaired) electrons. The fourth-order valence-electron chi connectivity index (χ4n) is 3.22. The summed E-state index contributed by atoms with van der Waals surface area (Å²) >= 11 is 0. The number of esters is 1. The molecular weight excluding hydrogens is 401 g/mol. The fraction of sp³-hybridized carbons (Fsp3) is 0.304. The Morgan fingerprint density at radius 1 is 1.16 bits per heavy atom. The number of amides is 1. The van der Waals surface area contributed by atoms with Crippen molar-refractivity contribution in [1.29, 1.82) is 0 Å². The number of carbonyl (C=O) groups is 3. The van der Waals surface area contributed by atoms with Gasteiger partial charge in [-0.3, -0.25) is 14.6 Å². The van der Waals surface area contributed by atoms with E-state index < -0.39 is 30.3 Å². The lowest BCUT2D eigenvalue weighted by molar-refractivity contribution is -0.134. The van der Waals surface area contributed by atoms with E-state index in [-0.39, 0.29) is 17.9 Å². The first-order valence-corrected chi connectivity index (χ1v) is 10.0. The normalized spacial score (nSPS) is 16.5. The van der Waals surface area contributed by atoms with Gasteiger partial charge in [-0.15, -0.1) is 0 Å². The molecule has 7 nitrogen and oxygen atoms in total. The molecule has 1 aliphatic rings. The molecule has 1 heterocycles. The van der Waals surface area contributed by atoms with Crippen molar-refractivity contribution in [3.63, 3.8) is 0 Å². The lowest BCUT2D eigenvalue weighted by Crippen LogP contribution is -2.39. The molecule has 0 aliphatic carbocycles. The van der Waals surface area contributed by atoms with Crippen LogP contribution in [0.25, 0.3) is 0 Å². The van der Waals surface area contributed by atoms with E-state index >= 15 is 0 Å². The molecule has 31 heavy (non-hydrogen) atoms. The third-order valence-electron chi connectivity index (χ3n) is 5.31. The number of ether oxygens (including phenoxy) is 1. The molecule has 2 aromatic carbocycles. The number of rotatable bonds is 8. The van der Waals surface area contributed by atoms with E-state index in [9.17, 15) is 18.8 Å². The molecule has 0 bridgehead atoms. The van der Waals surface area contributed by atoms with Gasteiger partial charge >= 0.3 is 5.97 Å². The van der Waals surface area contributed by atoms with Gasteiger partial charge < -0.3 is 10.5 Å². The maximum absolute atomic E-state index is 13.2. The van der Waals surface area contributed by atoms with Gasteiger partial charge in [0.25, 0.3) is 0 Å². The largest absolute Gasteiger partial charge is 0.453 e. The summed E-state index contributed by atoms with van der Waals surface area (Å²) in [6.07, 6.45) is 0.928. The van der Waals surface area contributed by atoms with Crippen molar-refractivity contribution in [2.75, 3.05) is 11.6 Å². The van der Waals surface area contributed by atoms with Gasteiger partial charge in [-0.25, -0.2) is 9.18 Å². The summed E-state index contributed by atoms with van der Waals surface area (Å²) in [6, 6.07) is 11.6. The third kappa shape index (κ3) is 5.14. The fourth-order valence-corrected chi connectivity index (χ4v) is 3.22. The Morgan fingerprint density at radius 2 is 1.81 bits per heavy atom. The lowest BCUT2D eigenvalue weighted by atomic mass is 9.97. The molecule has 1 aliphatic heterocycles. The minimum Gasteiger partial charge on any atom is -0.453 e. The van der Waals surface area contributed by atoms with Gasteiger partial charge in [0, 0.05) is 12.0 Å². The predicted molar refractivity (Wildman–Crippen MR) is 114 cm³/mol. The summed E-state index contributed by atoms with van der Waals surface area (Å²) in [5, 5.41) is 5.38. The average molecular weight is 425 g/mol. The number of nitrogens with two attached hydrogens (primary N) is 1. The first-order chi connectivity index (χ1) is 14.8. The molecule has 0 spiro atoms. The minimum atomic E-state index is -0.906. The number of halogens is 1. The molecule has 0 saturated carbocycles. The molecule has 162 valence electrons. The molecule has 8 heteroatoms. The second kappa shape index (κ2) is 9.51. The number of carbonyl (C=O) groups excluding carboxylic acids is 3. The Bertz CT molecular complexity index is 1000. The smallest absolute Gasteiger partial charge is 0.355 e. The van der Waals surface area contributed by atoms with Crippen molar-refractivity contribution >= 4 is 29.1 Å². The van der Waals surface area contributed by atoms with Crippen molar-refractivity contribution in [2.24, 2.45) is 10.8 Å². The van der Waals surface area contributed by atoms with Crippen LogP contribution in [-0.2, 0) is 14.3 Å². The summed E-state index contributed by atoms with van der Waals surface area (Å²) in [5.41, 5.74) is 7.37. The van der Waals surface area contributed by atoms with Crippen molar-refractivity contribution in [2.45, 2.75) is 38.6 Å². The summed E-state index contributed by atoms with van der Waals surface area (Å²) in [4.78, 5) is 36.6. The van der Waals surface area contributed by atoms with Gasteiger partial charge in [-0.2, -0.15) is 5.10 Å². The zero-order chi connectivity index (χ0) is 22.5. The maximum Gasteiger partial charge on any atom is 0.355 e. The summed E-state index contributed by atoms with van der Waals surface area (Å²) in [6.45, 7) is 3.75. The quantitative estimate of drug-likeness (QED) is 0.517. The summed E-state index contributed by atoms with van der Waals surface area (Å²) < 4.78 is 18.3. The van der Waals surface area contributed by atoms with Crippen LogP contribution >= 0.6 is 0 Å². The maximum atomic E-state index is 13.2. The van der Waals surface area contributed by atoms with Crippen LogP contribution in [0.5, 0.6) is 0 Å². The second-order valence-corrected chi connectivity index (χ2v) is 7.42. The number of hydrogen-bond acceptors (Lipinski definition) is 6. The molecular formula is C23H24FN3O4. The van der Waals surface area contributed by atoms with E-state index in [4.69, 9.17) is 10.5 Å². The van der Waals surface area contributed by atoms with E-state index in [1.54, 1.807) is 12.1 Å². The number of benzene rings is 2. The second-order valence-electron chi connectivity index (χ2n) is 7.42. The Morgan fingerprint density at radius 3 is 2.39 bits per heavy atom. The number of ketones is 1. The predicted octanol–water partition coefficient (Wildman–Crippen LogP) is 3.19. The van der Waals surface area contributed by atoms with Crippen molar-refractivity contribution in [3.8, 4) is 0 Å². The number of primary amides is 1. The Balaban J connectivity index is 1.65. The standard InChI is InChI=1S/C23H24FN3O4/c1-3-14(2)15-4-6-16(7-5-15)21(28)13-31-23(30)19-12-20(22(25)29)27(26-19)18-10-8-17(24)9-11-18/h4-11,14,20H,3,12-13H2,1-2H3,(H2,25,29)/t14-,20+/m1/s1. The van der Waals surface area contributed by atoms with Gasteiger partial charge in [0.15, 0.2) is 12.4 Å². The van der Waals surface area contributed by atoms with Gasteiger partial charge in [0.1, 0.15) is 17.6 Å². The van der Waals surface area contributed by atoms with Crippen LogP contribution in [0.1, 0.15) is 48.5 Å². The van der Waals surface area contributed by atoms with Crippen LogP contribution in [0.2, 0.25) is 0 Å². The van der Waals surface area contributed by atoms with E-state index in [0.717, 1.165) is 12.0 Å². The van der Waals surface area contributed by atoms with E-state index in [1.807, 2.05) is 12.1 Å². The first-order valence-electron chi connectivity index (χ1n) is 10.0. The number of nitrogens with zero attached hydrogens (tertiary/aromatic N) is 2. The average Bonchev–Trinajstić information content (AvgIpc) is 3.23. The van der Waals surface area contributed by atoms with Crippen LogP contribution in [0, 0.1) is 5.82 Å². The zero-order valence-corrected chi connectivity index (χ0v) is 17.4. The van der Waals surface area contributed by atoms with Crippen molar-refractivity contribution in [1.82, 2.24) is 0 Å². The summed E-state index contributed by atoms with van der Waals surface area (Å²) in [7, 11) is 0. The van der Waals surface area contributed by atoms with E-state index in [2.05, 4.69) is 18.9 Å². The van der Waals surface area contributed by atoms with Crippen molar-refractivity contribution in [3.05, 3.63) is 65.5 Å². The zero-order valence-electron chi connectivity index (χ0n) is 17.4. The van der Waals surface area contributed by atoms with Crippen LogP contribution in [0.15, 0.2) is 53.6 Å². The minimum absolute atomic E-state index is 0.0342. The Hall–Kier alpha value is -3.55. The molecule has 0 fully saturated rings. The lowest BCUT2D eigenvalue weighted by Gasteiger charge is -2.20. The molecule has 0 aromatic heterocycles. The van der Waals surface area contributed by atoms with Gasteiger partial charge in [0.05, 0.1) is 5.69 Å². The SMILES string of the molecule is CC[C@@H](C)c1ccc(C(=O)COC(=O)C2=NN(c3ccc(F)cc3)[C@H](C(N)=O)C2)cc1.